The lowest BCUT2D eigenvalue weighted by Crippen LogP contribution is -2.28. The van der Waals surface area contributed by atoms with Gasteiger partial charge in [-0.2, -0.15) is 0 Å². The van der Waals surface area contributed by atoms with Crippen LogP contribution in [0.1, 0.15) is 32.3 Å². The first kappa shape index (κ1) is 15.0. The van der Waals surface area contributed by atoms with Crippen molar-refractivity contribution >= 4 is 27.5 Å². The summed E-state index contributed by atoms with van der Waals surface area (Å²) in [5, 5.41) is 3.66. The fraction of sp³-hybridized carbons (Fsp3) is 0.571. The van der Waals surface area contributed by atoms with Crippen molar-refractivity contribution < 1.29 is 0 Å². The standard InChI is InChI=1S/C14H21BrClN/c1-3-12(4-2)14(16)10-17-9-11-5-7-13(15)8-6-11/h5-8,12,14,17H,3-4,9-10H2,1-2H3. The van der Waals surface area contributed by atoms with Crippen LogP contribution in [-0.4, -0.2) is 11.9 Å². The van der Waals surface area contributed by atoms with Gasteiger partial charge in [0, 0.05) is 22.9 Å². The van der Waals surface area contributed by atoms with Gasteiger partial charge in [-0.3, -0.25) is 0 Å². The predicted octanol–water partition coefficient (Wildman–Crippen LogP) is 4.58. The van der Waals surface area contributed by atoms with E-state index in [0.717, 1.165) is 30.4 Å². The van der Waals surface area contributed by atoms with Crippen LogP contribution in [0.15, 0.2) is 28.7 Å². The van der Waals surface area contributed by atoms with Crippen LogP contribution in [0.25, 0.3) is 0 Å². The van der Waals surface area contributed by atoms with Crippen molar-refractivity contribution in [3.8, 4) is 0 Å². The van der Waals surface area contributed by atoms with Crippen LogP contribution in [0.4, 0.5) is 0 Å². The Bertz CT molecular complexity index is 309. The highest BCUT2D eigenvalue weighted by atomic mass is 79.9. The summed E-state index contributed by atoms with van der Waals surface area (Å²) in [6, 6.07) is 8.38. The van der Waals surface area contributed by atoms with Gasteiger partial charge >= 0.3 is 0 Å². The number of alkyl halides is 1. The lowest BCUT2D eigenvalue weighted by molar-refractivity contribution is 0.446. The third kappa shape index (κ3) is 5.41. The zero-order valence-electron chi connectivity index (χ0n) is 10.5. The molecule has 3 heteroatoms. The average Bonchev–Trinajstić information content (AvgIpc) is 2.33. The Morgan fingerprint density at radius 2 is 1.76 bits per heavy atom. The molecule has 1 nitrogen and oxygen atoms in total. The molecule has 1 rings (SSSR count). The molecular weight excluding hydrogens is 298 g/mol. The smallest absolute Gasteiger partial charge is 0.0488 e. The number of hydrogen-bond donors (Lipinski definition) is 1. The lowest BCUT2D eigenvalue weighted by atomic mass is 9.99. The fourth-order valence-electron chi connectivity index (χ4n) is 1.92. The Hall–Kier alpha value is -0.0500. The molecule has 0 aliphatic carbocycles. The van der Waals surface area contributed by atoms with Gasteiger partial charge in [0.05, 0.1) is 0 Å². The topological polar surface area (TPSA) is 12.0 Å². The van der Waals surface area contributed by atoms with Crippen LogP contribution in [0.5, 0.6) is 0 Å². The highest BCUT2D eigenvalue weighted by molar-refractivity contribution is 9.10. The van der Waals surface area contributed by atoms with Crippen molar-refractivity contribution in [3.63, 3.8) is 0 Å². The number of halogens is 2. The van der Waals surface area contributed by atoms with Crippen molar-refractivity contribution in [1.29, 1.82) is 0 Å². The van der Waals surface area contributed by atoms with Gasteiger partial charge < -0.3 is 5.32 Å². The molecule has 0 spiro atoms. The summed E-state index contributed by atoms with van der Waals surface area (Å²) in [6.45, 7) is 6.18. The molecular formula is C14H21BrClN. The van der Waals surface area contributed by atoms with E-state index in [0.29, 0.717) is 5.92 Å². The van der Waals surface area contributed by atoms with E-state index in [-0.39, 0.29) is 5.38 Å². The highest BCUT2D eigenvalue weighted by Crippen LogP contribution is 2.18. The van der Waals surface area contributed by atoms with Crippen LogP contribution in [0.2, 0.25) is 0 Å². The van der Waals surface area contributed by atoms with Gasteiger partial charge in [-0.25, -0.2) is 0 Å². The number of nitrogens with one attached hydrogen (secondary N) is 1. The molecule has 0 aliphatic heterocycles. The molecule has 1 aromatic rings. The van der Waals surface area contributed by atoms with Crippen molar-refractivity contribution in [2.75, 3.05) is 6.54 Å². The van der Waals surface area contributed by atoms with Gasteiger partial charge in [-0.1, -0.05) is 54.8 Å². The van der Waals surface area contributed by atoms with E-state index in [4.69, 9.17) is 11.6 Å². The fourth-order valence-corrected chi connectivity index (χ4v) is 2.65. The van der Waals surface area contributed by atoms with Crippen LogP contribution < -0.4 is 5.32 Å². The average molecular weight is 319 g/mol. The Morgan fingerprint density at radius 3 is 2.29 bits per heavy atom. The SMILES string of the molecule is CCC(CC)C(Cl)CNCc1ccc(Br)cc1. The summed E-state index contributed by atoms with van der Waals surface area (Å²) in [6.07, 6.45) is 2.31. The quantitative estimate of drug-likeness (QED) is 0.725. The molecule has 96 valence electrons. The van der Waals surface area contributed by atoms with E-state index in [9.17, 15) is 0 Å². The van der Waals surface area contributed by atoms with Gasteiger partial charge in [0.15, 0.2) is 0 Å². The Kier molecular flexibility index (Phi) is 7.17. The molecule has 0 fully saturated rings. The third-order valence-electron chi connectivity index (χ3n) is 3.14. The molecule has 17 heavy (non-hydrogen) atoms. The van der Waals surface area contributed by atoms with Crippen molar-refractivity contribution in [2.24, 2.45) is 5.92 Å². The van der Waals surface area contributed by atoms with Gasteiger partial charge in [0.25, 0.3) is 0 Å². The van der Waals surface area contributed by atoms with E-state index >= 15 is 0 Å². The summed E-state index contributed by atoms with van der Waals surface area (Å²) in [5.74, 6) is 0.620. The zero-order chi connectivity index (χ0) is 12.7. The normalized spacial score (nSPS) is 13.0. The minimum atomic E-state index is 0.237. The Labute approximate surface area is 118 Å². The first-order valence-corrected chi connectivity index (χ1v) is 7.49. The molecule has 0 radical (unpaired) electrons. The van der Waals surface area contributed by atoms with Gasteiger partial charge in [0.2, 0.25) is 0 Å². The maximum Gasteiger partial charge on any atom is 0.0488 e. The minimum Gasteiger partial charge on any atom is -0.311 e. The molecule has 0 amide bonds. The Morgan fingerprint density at radius 1 is 1.18 bits per heavy atom. The summed E-state index contributed by atoms with van der Waals surface area (Å²) in [4.78, 5) is 0. The minimum absolute atomic E-state index is 0.237. The molecule has 0 saturated carbocycles. The highest BCUT2D eigenvalue weighted by Gasteiger charge is 2.14. The molecule has 0 heterocycles. The van der Waals surface area contributed by atoms with E-state index < -0.39 is 0 Å². The van der Waals surface area contributed by atoms with Gasteiger partial charge in [0.1, 0.15) is 0 Å². The van der Waals surface area contributed by atoms with Crippen LogP contribution in [0.3, 0.4) is 0 Å². The molecule has 0 aromatic heterocycles. The monoisotopic (exact) mass is 317 g/mol. The molecule has 0 aliphatic rings. The summed E-state index contributed by atoms with van der Waals surface area (Å²) < 4.78 is 1.12. The molecule has 0 bridgehead atoms. The maximum absolute atomic E-state index is 6.37. The van der Waals surface area contributed by atoms with Crippen LogP contribution >= 0.6 is 27.5 Å². The number of benzene rings is 1. The first-order valence-electron chi connectivity index (χ1n) is 6.26. The second kappa shape index (κ2) is 8.12. The van der Waals surface area contributed by atoms with Crippen molar-refractivity contribution in [3.05, 3.63) is 34.3 Å². The molecule has 1 N–H and O–H groups in total. The van der Waals surface area contributed by atoms with Crippen molar-refractivity contribution in [1.82, 2.24) is 5.32 Å². The number of hydrogen-bond acceptors (Lipinski definition) is 1. The predicted molar refractivity (Wildman–Crippen MR) is 79.6 cm³/mol. The van der Waals surface area contributed by atoms with E-state index in [1.807, 2.05) is 0 Å². The second-order valence-electron chi connectivity index (χ2n) is 4.35. The van der Waals surface area contributed by atoms with Crippen LogP contribution in [0, 0.1) is 5.92 Å². The lowest BCUT2D eigenvalue weighted by Gasteiger charge is -2.19. The molecule has 1 unspecified atom stereocenters. The number of rotatable bonds is 7. The van der Waals surface area contributed by atoms with Crippen molar-refractivity contribution in [2.45, 2.75) is 38.6 Å². The van der Waals surface area contributed by atoms with Gasteiger partial charge in [-0.05, 0) is 23.6 Å². The molecule has 0 saturated heterocycles. The summed E-state index contributed by atoms with van der Waals surface area (Å²) in [5.41, 5.74) is 1.29. The largest absolute Gasteiger partial charge is 0.311 e. The van der Waals surface area contributed by atoms with E-state index in [2.05, 4.69) is 59.4 Å². The molecule has 1 aromatic carbocycles. The Balaban J connectivity index is 2.30. The second-order valence-corrected chi connectivity index (χ2v) is 5.83. The molecule has 1 atom stereocenters. The first-order chi connectivity index (χ1) is 8.17. The van der Waals surface area contributed by atoms with Crippen LogP contribution in [-0.2, 0) is 6.54 Å². The van der Waals surface area contributed by atoms with E-state index in [1.165, 1.54) is 5.56 Å². The maximum atomic E-state index is 6.37. The third-order valence-corrected chi connectivity index (χ3v) is 4.18. The summed E-state index contributed by atoms with van der Waals surface area (Å²) in [7, 11) is 0. The zero-order valence-corrected chi connectivity index (χ0v) is 12.9. The van der Waals surface area contributed by atoms with Gasteiger partial charge in [-0.15, -0.1) is 11.6 Å². The summed E-state index contributed by atoms with van der Waals surface area (Å²) >= 11 is 9.80. The van der Waals surface area contributed by atoms with E-state index in [1.54, 1.807) is 0 Å².